The second-order valence-electron chi connectivity index (χ2n) is 8.31. The summed E-state index contributed by atoms with van der Waals surface area (Å²) in [5.74, 6) is 0.935. The Kier molecular flexibility index (Phi) is 8.81. The molecule has 0 heterocycles. The molecular weight excluding hydrogens is 354 g/mol. The van der Waals surface area contributed by atoms with E-state index in [1.54, 1.807) is 0 Å². The van der Waals surface area contributed by atoms with Crippen LogP contribution in [0.2, 0.25) is 0 Å². The third-order valence-corrected chi connectivity index (χ3v) is 5.83. The van der Waals surface area contributed by atoms with Crippen molar-refractivity contribution in [2.75, 3.05) is 6.61 Å². The fourth-order valence-corrected chi connectivity index (χ4v) is 3.83. The van der Waals surface area contributed by atoms with Gasteiger partial charge < -0.3 is 15.2 Å². The van der Waals surface area contributed by atoms with E-state index in [4.69, 9.17) is 4.74 Å². The molecule has 5 nitrogen and oxygen atoms in total. The first-order valence-electron chi connectivity index (χ1n) is 10.7. The molecule has 28 heavy (non-hydrogen) atoms. The van der Waals surface area contributed by atoms with Gasteiger partial charge in [-0.1, -0.05) is 39.3 Å². The summed E-state index contributed by atoms with van der Waals surface area (Å²) in [6.07, 6.45) is 6.17. The van der Waals surface area contributed by atoms with Crippen molar-refractivity contribution in [1.29, 1.82) is 0 Å². The molecule has 2 N–H and O–H groups in total. The lowest BCUT2D eigenvalue weighted by Crippen LogP contribution is -2.45. The number of benzene rings is 1. The molecule has 0 aliphatic heterocycles. The molecule has 5 heteroatoms. The summed E-state index contributed by atoms with van der Waals surface area (Å²) in [4.78, 5) is 24.3. The zero-order valence-corrected chi connectivity index (χ0v) is 17.4. The molecule has 0 radical (unpaired) electrons. The molecule has 1 amide bonds. The second kappa shape index (κ2) is 11.1. The molecule has 1 aromatic rings. The van der Waals surface area contributed by atoms with Crippen LogP contribution in [-0.2, 0) is 16.0 Å². The van der Waals surface area contributed by atoms with Crippen LogP contribution in [0.5, 0.6) is 5.75 Å². The maximum Gasteiger partial charge on any atom is 0.326 e. The largest absolute Gasteiger partial charge is 0.494 e. The smallest absolute Gasteiger partial charge is 0.326 e. The lowest BCUT2D eigenvalue weighted by atomic mass is 9.76. The van der Waals surface area contributed by atoms with E-state index in [1.165, 1.54) is 0 Å². The van der Waals surface area contributed by atoms with Crippen LogP contribution in [0.4, 0.5) is 0 Å². The van der Waals surface area contributed by atoms with E-state index in [-0.39, 0.29) is 18.2 Å². The van der Waals surface area contributed by atoms with E-state index in [1.807, 2.05) is 24.3 Å². The van der Waals surface area contributed by atoms with E-state index >= 15 is 0 Å². The third-order valence-electron chi connectivity index (χ3n) is 5.83. The van der Waals surface area contributed by atoms with Gasteiger partial charge in [0.25, 0.3) is 0 Å². The number of hydrogen-bond donors (Lipinski definition) is 2. The standard InChI is InChI=1S/C23H35NO4/c1-4-5-14-28-20-12-6-17(7-13-20)15-21(23(26)27)24-22(25)19-10-8-18(9-11-19)16(2)3/h6-7,12-13,16,18-19,21H,4-5,8-11,14-15H2,1-3H3,(H,24,25)(H,26,27)/t18-,19-,21-/m1/s1. The van der Waals surface area contributed by atoms with Gasteiger partial charge in [-0.25, -0.2) is 4.79 Å². The van der Waals surface area contributed by atoms with Gasteiger partial charge in [0.05, 0.1) is 6.61 Å². The molecule has 0 saturated heterocycles. The zero-order chi connectivity index (χ0) is 20.5. The average Bonchev–Trinajstić information content (AvgIpc) is 2.68. The number of nitrogens with one attached hydrogen (secondary N) is 1. The molecule has 1 aliphatic carbocycles. The summed E-state index contributed by atoms with van der Waals surface area (Å²) < 4.78 is 5.64. The first-order chi connectivity index (χ1) is 13.4. The Morgan fingerprint density at radius 2 is 1.79 bits per heavy atom. The van der Waals surface area contributed by atoms with Gasteiger partial charge in [-0.3, -0.25) is 4.79 Å². The van der Waals surface area contributed by atoms with Crippen molar-refractivity contribution in [3.63, 3.8) is 0 Å². The number of aliphatic carboxylic acids is 1. The van der Waals surface area contributed by atoms with Gasteiger partial charge in [0.2, 0.25) is 5.91 Å². The van der Waals surface area contributed by atoms with Crippen LogP contribution >= 0.6 is 0 Å². The predicted octanol–water partition coefficient (Wildman–Crippen LogP) is 4.44. The molecule has 1 fully saturated rings. The Balaban J connectivity index is 1.87. The number of carbonyl (C=O) groups is 2. The van der Waals surface area contributed by atoms with E-state index in [9.17, 15) is 14.7 Å². The maximum atomic E-state index is 12.6. The molecule has 156 valence electrons. The lowest BCUT2D eigenvalue weighted by molar-refractivity contribution is -0.142. The summed E-state index contributed by atoms with van der Waals surface area (Å²) in [6, 6.07) is 6.56. The second-order valence-corrected chi connectivity index (χ2v) is 8.31. The summed E-state index contributed by atoms with van der Waals surface area (Å²) in [7, 11) is 0. The van der Waals surface area contributed by atoms with Gasteiger partial charge in [0.15, 0.2) is 0 Å². The highest BCUT2D eigenvalue weighted by molar-refractivity contribution is 5.85. The van der Waals surface area contributed by atoms with Gasteiger partial charge in [0.1, 0.15) is 11.8 Å². The number of carboxylic acid groups (broad SMARTS) is 1. The molecule has 1 saturated carbocycles. The SMILES string of the molecule is CCCCOc1ccc(C[C@@H](NC(=O)[C@H]2CC[C@H](C(C)C)CC2)C(=O)O)cc1. The predicted molar refractivity (Wildman–Crippen MR) is 110 cm³/mol. The van der Waals surface area contributed by atoms with E-state index in [0.29, 0.717) is 18.4 Å². The number of rotatable bonds is 10. The molecule has 2 rings (SSSR count). The number of carboxylic acids is 1. The Labute approximate surface area is 168 Å². The van der Waals surface area contributed by atoms with Crippen molar-refractivity contribution in [2.24, 2.45) is 17.8 Å². The van der Waals surface area contributed by atoms with Crippen LogP contribution in [-0.4, -0.2) is 29.6 Å². The molecule has 0 aromatic heterocycles. The Morgan fingerprint density at radius 3 is 2.32 bits per heavy atom. The van der Waals surface area contributed by atoms with Crippen LogP contribution in [0.15, 0.2) is 24.3 Å². The minimum absolute atomic E-state index is 0.0637. The minimum atomic E-state index is -0.993. The highest BCUT2D eigenvalue weighted by Crippen LogP contribution is 2.33. The van der Waals surface area contributed by atoms with Crippen molar-refractivity contribution in [3.05, 3.63) is 29.8 Å². The van der Waals surface area contributed by atoms with Crippen LogP contribution in [0.25, 0.3) is 0 Å². The Hall–Kier alpha value is -2.04. The zero-order valence-electron chi connectivity index (χ0n) is 17.4. The number of ether oxygens (including phenoxy) is 1. The first-order valence-corrected chi connectivity index (χ1v) is 10.7. The average molecular weight is 390 g/mol. The van der Waals surface area contributed by atoms with Crippen molar-refractivity contribution < 1.29 is 19.4 Å². The van der Waals surface area contributed by atoms with E-state index in [2.05, 4.69) is 26.1 Å². The normalized spacial score (nSPS) is 20.6. The molecule has 0 unspecified atom stereocenters. The molecule has 1 aliphatic rings. The fourth-order valence-electron chi connectivity index (χ4n) is 3.83. The van der Waals surface area contributed by atoms with E-state index < -0.39 is 12.0 Å². The monoisotopic (exact) mass is 389 g/mol. The van der Waals surface area contributed by atoms with Gasteiger partial charge in [-0.05, 0) is 61.6 Å². The van der Waals surface area contributed by atoms with Crippen molar-refractivity contribution >= 4 is 11.9 Å². The molecule has 0 bridgehead atoms. The third kappa shape index (κ3) is 6.84. The minimum Gasteiger partial charge on any atom is -0.494 e. The Morgan fingerprint density at radius 1 is 1.14 bits per heavy atom. The summed E-state index contributed by atoms with van der Waals surface area (Å²) >= 11 is 0. The van der Waals surface area contributed by atoms with Crippen LogP contribution in [0, 0.1) is 17.8 Å². The highest BCUT2D eigenvalue weighted by atomic mass is 16.5. The van der Waals surface area contributed by atoms with E-state index in [0.717, 1.165) is 49.8 Å². The maximum absolute atomic E-state index is 12.6. The molecule has 1 atom stereocenters. The number of hydrogen-bond acceptors (Lipinski definition) is 3. The number of amides is 1. The summed E-state index contributed by atoms with van der Waals surface area (Å²) in [6.45, 7) is 7.25. The van der Waals surface area contributed by atoms with Gasteiger partial charge in [-0.15, -0.1) is 0 Å². The molecule has 1 aromatic carbocycles. The van der Waals surface area contributed by atoms with Crippen molar-refractivity contribution in [2.45, 2.75) is 71.8 Å². The first kappa shape index (κ1) is 22.3. The van der Waals surface area contributed by atoms with Gasteiger partial charge in [0, 0.05) is 12.3 Å². The van der Waals surface area contributed by atoms with Crippen LogP contribution in [0.1, 0.15) is 64.9 Å². The Bertz CT molecular complexity index is 618. The summed E-state index contributed by atoms with van der Waals surface area (Å²) in [5.41, 5.74) is 0.874. The quantitative estimate of drug-likeness (QED) is 0.580. The van der Waals surface area contributed by atoms with Gasteiger partial charge >= 0.3 is 5.97 Å². The van der Waals surface area contributed by atoms with Crippen molar-refractivity contribution in [3.8, 4) is 5.75 Å². The fraction of sp³-hybridized carbons (Fsp3) is 0.652. The van der Waals surface area contributed by atoms with Crippen LogP contribution in [0.3, 0.4) is 0 Å². The highest BCUT2D eigenvalue weighted by Gasteiger charge is 2.30. The van der Waals surface area contributed by atoms with Gasteiger partial charge in [-0.2, -0.15) is 0 Å². The number of unbranched alkanes of at least 4 members (excludes halogenated alkanes) is 1. The number of carbonyl (C=O) groups excluding carboxylic acids is 1. The molecular formula is C23H35NO4. The lowest BCUT2D eigenvalue weighted by Gasteiger charge is -2.30. The summed E-state index contributed by atoms with van der Waals surface area (Å²) in [5, 5.41) is 12.3. The molecule has 0 spiro atoms. The topological polar surface area (TPSA) is 75.6 Å². The van der Waals surface area contributed by atoms with Crippen LogP contribution < -0.4 is 10.1 Å². The van der Waals surface area contributed by atoms with Crippen molar-refractivity contribution in [1.82, 2.24) is 5.32 Å².